The fraction of sp³-hybridized carbons (Fsp3) is 0.444. The topological polar surface area (TPSA) is 23.9 Å². The smallest absolute Gasteiger partial charge is 0.0285 e. The van der Waals surface area contributed by atoms with Gasteiger partial charge in [0.05, 0.1) is 0 Å². The van der Waals surface area contributed by atoms with Crippen LogP contribution >= 0.6 is 0 Å². The van der Waals surface area contributed by atoms with E-state index >= 15 is 0 Å². The van der Waals surface area contributed by atoms with E-state index < -0.39 is 0 Å². The SMILES string of the molecule is CC(=N)/C=C(/C)C=C(C)C. The van der Waals surface area contributed by atoms with Gasteiger partial charge in [-0.05, 0) is 39.3 Å². The molecule has 10 heavy (non-hydrogen) atoms. The predicted molar refractivity (Wildman–Crippen MR) is 46.6 cm³/mol. The second kappa shape index (κ2) is 4.04. The van der Waals surface area contributed by atoms with Crippen molar-refractivity contribution < 1.29 is 0 Å². The molecule has 0 radical (unpaired) electrons. The Morgan fingerprint density at radius 3 is 1.80 bits per heavy atom. The molecule has 0 aliphatic carbocycles. The van der Waals surface area contributed by atoms with Crippen LogP contribution in [0.1, 0.15) is 27.7 Å². The number of allylic oxidation sites excluding steroid dienone is 4. The van der Waals surface area contributed by atoms with Gasteiger partial charge in [0.15, 0.2) is 0 Å². The molecule has 0 heterocycles. The van der Waals surface area contributed by atoms with Crippen LogP contribution in [-0.2, 0) is 0 Å². The van der Waals surface area contributed by atoms with Gasteiger partial charge in [-0.25, -0.2) is 0 Å². The highest BCUT2D eigenvalue weighted by molar-refractivity contribution is 5.90. The number of hydrogen-bond donors (Lipinski definition) is 1. The van der Waals surface area contributed by atoms with Gasteiger partial charge in [-0.3, -0.25) is 0 Å². The van der Waals surface area contributed by atoms with E-state index in [1.54, 1.807) is 6.92 Å². The summed E-state index contributed by atoms with van der Waals surface area (Å²) in [4.78, 5) is 0. The third-order valence-electron chi connectivity index (χ3n) is 0.961. The van der Waals surface area contributed by atoms with Gasteiger partial charge in [-0.1, -0.05) is 11.6 Å². The zero-order chi connectivity index (χ0) is 8.15. The zero-order valence-electron chi connectivity index (χ0n) is 7.15. The Bertz CT molecular complexity index is 181. The Kier molecular flexibility index (Phi) is 3.70. The molecule has 1 nitrogen and oxygen atoms in total. The standard InChI is InChI=1S/C9H15N/c1-7(2)5-8(3)6-9(4)10/h5-6,10H,1-4H3/b8-6-,10-9?. The molecule has 0 fully saturated rings. The monoisotopic (exact) mass is 137 g/mol. The van der Waals surface area contributed by atoms with Crippen molar-refractivity contribution >= 4 is 5.71 Å². The van der Waals surface area contributed by atoms with E-state index in [1.165, 1.54) is 5.57 Å². The van der Waals surface area contributed by atoms with Crippen LogP contribution in [0.4, 0.5) is 0 Å². The van der Waals surface area contributed by atoms with E-state index in [4.69, 9.17) is 5.41 Å². The van der Waals surface area contributed by atoms with Crippen molar-refractivity contribution in [3.05, 3.63) is 23.3 Å². The normalized spacial score (nSPS) is 11.0. The van der Waals surface area contributed by atoms with Crippen LogP contribution in [0, 0.1) is 5.41 Å². The van der Waals surface area contributed by atoms with Crippen LogP contribution in [0.2, 0.25) is 0 Å². The molecular formula is C9H15N. The van der Waals surface area contributed by atoms with E-state index in [2.05, 4.69) is 19.9 Å². The number of nitrogens with one attached hydrogen (secondary N) is 1. The Hall–Kier alpha value is -0.850. The molecule has 0 aromatic heterocycles. The van der Waals surface area contributed by atoms with Crippen molar-refractivity contribution in [3.63, 3.8) is 0 Å². The average molecular weight is 137 g/mol. The largest absolute Gasteiger partial charge is 0.306 e. The average Bonchev–Trinajstić information content (AvgIpc) is 1.58. The molecule has 0 aromatic carbocycles. The summed E-state index contributed by atoms with van der Waals surface area (Å²) in [5, 5.41) is 7.16. The first-order chi connectivity index (χ1) is 4.52. The zero-order valence-corrected chi connectivity index (χ0v) is 7.15. The van der Waals surface area contributed by atoms with Crippen LogP contribution in [0.5, 0.6) is 0 Å². The van der Waals surface area contributed by atoms with Crippen molar-refractivity contribution in [1.82, 2.24) is 0 Å². The summed E-state index contributed by atoms with van der Waals surface area (Å²) in [6.07, 6.45) is 3.92. The van der Waals surface area contributed by atoms with Crippen molar-refractivity contribution in [1.29, 1.82) is 5.41 Å². The summed E-state index contributed by atoms with van der Waals surface area (Å²) in [6.45, 7) is 7.89. The highest BCUT2D eigenvalue weighted by Gasteiger charge is 1.83. The van der Waals surface area contributed by atoms with E-state index in [-0.39, 0.29) is 0 Å². The second-order valence-corrected chi connectivity index (χ2v) is 2.79. The van der Waals surface area contributed by atoms with E-state index in [9.17, 15) is 0 Å². The highest BCUT2D eigenvalue weighted by atomic mass is 14.4. The number of rotatable bonds is 2. The van der Waals surface area contributed by atoms with Crippen LogP contribution in [0.25, 0.3) is 0 Å². The van der Waals surface area contributed by atoms with Gasteiger partial charge in [0.1, 0.15) is 0 Å². The lowest BCUT2D eigenvalue weighted by atomic mass is 10.2. The Morgan fingerprint density at radius 2 is 1.50 bits per heavy atom. The third-order valence-corrected chi connectivity index (χ3v) is 0.961. The van der Waals surface area contributed by atoms with Gasteiger partial charge in [0.25, 0.3) is 0 Å². The molecule has 56 valence electrons. The van der Waals surface area contributed by atoms with Gasteiger partial charge in [-0.2, -0.15) is 0 Å². The third kappa shape index (κ3) is 5.29. The minimum absolute atomic E-state index is 0.606. The number of hydrogen-bond acceptors (Lipinski definition) is 1. The van der Waals surface area contributed by atoms with Gasteiger partial charge >= 0.3 is 0 Å². The maximum atomic E-state index is 7.16. The molecule has 1 heteroatoms. The molecule has 0 saturated heterocycles. The first-order valence-corrected chi connectivity index (χ1v) is 3.40. The van der Waals surface area contributed by atoms with Crippen LogP contribution in [0.3, 0.4) is 0 Å². The maximum Gasteiger partial charge on any atom is 0.0285 e. The van der Waals surface area contributed by atoms with Crippen molar-refractivity contribution in [2.24, 2.45) is 0 Å². The van der Waals surface area contributed by atoms with Gasteiger partial charge in [-0.15, -0.1) is 0 Å². The van der Waals surface area contributed by atoms with Crippen LogP contribution in [0.15, 0.2) is 23.3 Å². The fourth-order valence-corrected chi connectivity index (χ4v) is 0.839. The van der Waals surface area contributed by atoms with Crippen molar-refractivity contribution in [2.75, 3.05) is 0 Å². The fourth-order valence-electron chi connectivity index (χ4n) is 0.839. The molecule has 0 saturated carbocycles. The Labute approximate surface area is 63.0 Å². The minimum atomic E-state index is 0.606. The molecule has 0 rings (SSSR count). The highest BCUT2D eigenvalue weighted by Crippen LogP contribution is 1.99. The van der Waals surface area contributed by atoms with Crippen LogP contribution in [-0.4, -0.2) is 5.71 Å². The maximum absolute atomic E-state index is 7.16. The quantitative estimate of drug-likeness (QED) is 0.447. The molecule has 0 atom stereocenters. The van der Waals surface area contributed by atoms with E-state index in [1.807, 2.05) is 13.0 Å². The molecule has 0 aliphatic heterocycles. The lowest BCUT2D eigenvalue weighted by Crippen LogP contribution is -1.81. The summed E-state index contributed by atoms with van der Waals surface area (Å²) < 4.78 is 0. The molecule has 0 amide bonds. The summed E-state index contributed by atoms with van der Waals surface area (Å²) >= 11 is 0. The second-order valence-electron chi connectivity index (χ2n) is 2.79. The summed E-state index contributed by atoms with van der Waals surface area (Å²) in [5.41, 5.74) is 3.03. The molecule has 0 aliphatic rings. The summed E-state index contributed by atoms with van der Waals surface area (Å²) in [7, 11) is 0. The molecular weight excluding hydrogens is 122 g/mol. The first kappa shape index (κ1) is 9.15. The lowest BCUT2D eigenvalue weighted by Gasteiger charge is -1.92. The Balaban J connectivity index is 4.22. The van der Waals surface area contributed by atoms with Gasteiger partial charge in [0.2, 0.25) is 0 Å². The van der Waals surface area contributed by atoms with Crippen LogP contribution < -0.4 is 0 Å². The molecule has 1 N–H and O–H groups in total. The first-order valence-electron chi connectivity index (χ1n) is 3.40. The van der Waals surface area contributed by atoms with Crippen molar-refractivity contribution in [2.45, 2.75) is 27.7 Å². The summed E-state index contributed by atoms with van der Waals surface area (Å²) in [5.74, 6) is 0. The van der Waals surface area contributed by atoms with E-state index in [0.29, 0.717) is 5.71 Å². The van der Waals surface area contributed by atoms with E-state index in [0.717, 1.165) is 5.57 Å². The minimum Gasteiger partial charge on any atom is -0.306 e. The molecule has 0 bridgehead atoms. The molecule has 0 spiro atoms. The lowest BCUT2D eigenvalue weighted by molar-refractivity contribution is 1.35. The summed E-state index contributed by atoms with van der Waals surface area (Å²) in [6, 6.07) is 0. The molecule has 0 unspecified atom stereocenters. The molecule has 0 aromatic rings. The van der Waals surface area contributed by atoms with Gasteiger partial charge < -0.3 is 5.41 Å². The van der Waals surface area contributed by atoms with Crippen molar-refractivity contribution in [3.8, 4) is 0 Å². The van der Waals surface area contributed by atoms with Gasteiger partial charge in [0, 0.05) is 5.71 Å². The predicted octanol–water partition coefficient (Wildman–Crippen LogP) is 2.94. The Morgan fingerprint density at radius 1 is 1.00 bits per heavy atom.